The van der Waals surface area contributed by atoms with E-state index >= 15 is 0 Å². The van der Waals surface area contributed by atoms with E-state index in [1.54, 1.807) is 0 Å². The number of benzene rings is 1. The van der Waals surface area contributed by atoms with E-state index in [0.717, 1.165) is 37.5 Å². The molecule has 4 rings (SSSR count). The molecular formula is C18H23N5O. The molecule has 3 heterocycles. The summed E-state index contributed by atoms with van der Waals surface area (Å²) in [6.07, 6.45) is 5.18. The number of aryl methyl sites for hydroxylation is 2. The van der Waals surface area contributed by atoms with Crippen molar-refractivity contribution < 1.29 is 4.74 Å². The van der Waals surface area contributed by atoms with Crippen LogP contribution in [0.2, 0.25) is 0 Å². The summed E-state index contributed by atoms with van der Waals surface area (Å²) in [5, 5.41) is 7.82. The molecule has 2 aromatic heterocycles. The van der Waals surface area contributed by atoms with Gasteiger partial charge in [-0.15, -0.1) is 0 Å². The molecule has 0 spiro atoms. The molecule has 0 radical (unpaired) electrons. The van der Waals surface area contributed by atoms with Crippen molar-refractivity contribution in [2.24, 2.45) is 20.0 Å². The van der Waals surface area contributed by atoms with E-state index in [0.29, 0.717) is 5.92 Å². The van der Waals surface area contributed by atoms with Gasteiger partial charge in [0.2, 0.25) is 0 Å². The molecule has 1 aliphatic rings. The fourth-order valence-electron chi connectivity index (χ4n) is 3.52. The van der Waals surface area contributed by atoms with Gasteiger partial charge in [0.25, 0.3) is 0 Å². The summed E-state index contributed by atoms with van der Waals surface area (Å²) in [5.74, 6) is 1.54. The largest absolute Gasteiger partial charge is 0.373 e. The van der Waals surface area contributed by atoms with Crippen LogP contribution in [-0.2, 0) is 25.4 Å². The molecule has 3 aromatic rings. The molecule has 1 fully saturated rings. The van der Waals surface area contributed by atoms with Crippen molar-refractivity contribution in [1.29, 1.82) is 0 Å². The van der Waals surface area contributed by atoms with Crippen LogP contribution < -0.4 is 5.32 Å². The molecule has 24 heavy (non-hydrogen) atoms. The number of nitrogens with one attached hydrogen (secondary N) is 1. The van der Waals surface area contributed by atoms with E-state index in [9.17, 15) is 0 Å². The Labute approximate surface area is 141 Å². The zero-order valence-corrected chi connectivity index (χ0v) is 14.1. The minimum Gasteiger partial charge on any atom is -0.373 e. The van der Waals surface area contributed by atoms with Gasteiger partial charge >= 0.3 is 0 Å². The summed E-state index contributed by atoms with van der Waals surface area (Å²) < 4.78 is 9.92. The van der Waals surface area contributed by atoms with Crippen LogP contribution >= 0.6 is 0 Å². The number of nitrogens with zero attached hydrogens (tertiary/aromatic N) is 4. The molecule has 0 amide bonds. The summed E-state index contributed by atoms with van der Waals surface area (Å²) in [4.78, 5) is 4.71. The van der Waals surface area contributed by atoms with Gasteiger partial charge in [-0.3, -0.25) is 4.68 Å². The molecule has 1 aromatic carbocycles. The Bertz CT molecular complexity index is 837. The SMILES string of the molecule is Cn1cc([C@H]2OCC[C@H]2CNCc2nc3ccccc3n2C)cn1. The molecule has 1 aliphatic heterocycles. The highest BCUT2D eigenvalue weighted by Gasteiger charge is 2.30. The number of hydrogen-bond donors (Lipinski definition) is 1. The van der Waals surface area contributed by atoms with Gasteiger partial charge in [0.05, 0.1) is 29.9 Å². The zero-order valence-electron chi connectivity index (χ0n) is 14.1. The Morgan fingerprint density at radius 2 is 2.17 bits per heavy atom. The van der Waals surface area contributed by atoms with Crippen molar-refractivity contribution in [3.05, 3.63) is 48.0 Å². The Hall–Kier alpha value is -2.18. The maximum Gasteiger partial charge on any atom is 0.123 e. The smallest absolute Gasteiger partial charge is 0.123 e. The fourth-order valence-corrected chi connectivity index (χ4v) is 3.52. The molecule has 6 heteroatoms. The highest BCUT2D eigenvalue weighted by Crippen LogP contribution is 2.33. The van der Waals surface area contributed by atoms with Gasteiger partial charge in [0, 0.05) is 44.9 Å². The van der Waals surface area contributed by atoms with Gasteiger partial charge in [0.15, 0.2) is 0 Å². The maximum atomic E-state index is 5.93. The number of hydrogen-bond acceptors (Lipinski definition) is 4. The number of para-hydroxylation sites is 2. The van der Waals surface area contributed by atoms with Gasteiger partial charge in [-0.1, -0.05) is 12.1 Å². The van der Waals surface area contributed by atoms with Crippen molar-refractivity contribution in [2.45, 2.75) is 19.1 Å². The third-order valence-electron chi connectivity index (χ3n) is 4.84. The summed E-state index contributed by atoms with van der Waals surface area (Å²) >= 11 is 0. The second-order valence-electron chi connectivity index (χ2n) is 6.49. The van der Waals surface area contributed by atoms with Crippen molar-refractivity contribution in [3.8, 4) is 0 Å². The fraction of sp³-hybridized carbons (Fsp3) is 0.444. The van der Waals surface area contributed by atoms with Gasteiger partial charge in [-0.05, 0) is 18.6 Å². The Morgan fingerprint density at radius 3 is 2.96 bits per heavy atom. The number of aromatic nitrogens is 4. The first-order valence-corrected chi connectivity index (χ1v) is 8.43. The lowest BCUT2D eigenvalue weighted by atomic mass is 9.97. The van der Waals surface area contributed by atoms with Gasteiger partial charge < -0.3 is 14.6 Å². The minimum absolute atomic E-state index is 0.145. The normalized spacial score (nSPS) is 20.9. The van der Waals surface area contributed by atoms with Crippen LogP contribution in [0.4, 0.5) is 0 Å². The third kappa shape index (κ3) is 2.83. The van der Waals surface area contributed by atoms with Crippen LogP contribution in [0.15, 0.2) is 36.7 Å². The van der Waals surface area contributed by atoms with Crippen LogP contribution in [0.1, 0.15) is 23.9 Å². The highest BCUT2D eigenvalue weighted by atomic mass is 16.5. The molecule has 1 N–H and O–H groups in total. The average molecular weight is 325 g/mol. The van der Waals surface area contributed by atoms with Crippen LogP contribution in [0, 0.1) is 5.92 Å². The Kier molecular flexibility index (Phi) is 4.08. The molecule has 0 aliphatic carbocycles. The number of rotatable bonds is 5. The molecule has 0 saturated carbocycles. The summed E-state index contributed by atoms with van der Waals surface area (Å²) in [6.45, 7) is 2.50. The summed E-state index contributed by atoms with van der Waals surface area (Å²) in [5.41, 5.74) is 3.39. The Morgan fingerprint density at radius 1 is 1.29 bits per heavy atom. The second kappa shape index (κ2) is 6.37. The van der Waals surface area contributed by atoms with Crippen LogP contribution in [0.3, 0.4) is 0 Å². The van der Waals surface area contributed by atoms with Crippen LogP contribution in [0.5, 0.6) is 0 Å². The minimum atomic E-state index is 0.145. The van der Waals surface area contributed by atoms with E-state index in [2.05, 4.69) is 46.4 Å². The van der Waals surface area contributed by atoms with Crippen LogP contribution in [0.25, 0.3) is 11.0 Å². The maximum absolute atomic E-state index is 5.93. The molecular weight excluding hydrogens is 302 g/mol. The van der Waals surface area contributed by atoms with E-state index in [1.165, 1.54) is 11.1 Å². The monoisotopic (exact) mass is 325 g/mol. The molecule has 1 saturated heterocycles. The number of fused-ring (bicyclic) bond motifs is 1. The quantitative estimate of drug-likeness (QED) is 0.781. The van der Waals surface area contributed by atoms with Crippen molar-refractivity contribution >= 4 is 11.0 Å². The second-order valence-corrected chi connectivity index (χ2v) is 6.49. The lowest BCUT2D eigenvalue weighted by molar-refractivity contribution is 0.0903. The lowest BCUT2D eigenvalue weighted by Crippen LogP contribution is -2.25. The molecule has 0 unspecified atom stereocenters. The average Bonchev–Trinajstić information content (AvgIpc) is 3.28. The zero-order chi connectivity index (χ0) is 16.5. The first-order valence-electron chi connectivity index (χ1n) is 8.43. The van der Waals surface area contributed by atoms with Crippen molar-refractivity contribution in [1.82, 2.24) is 24.6 Å². The predicted molar refractivity (Wildman–Crippen MR) is 92.4 cm³/mol. The molecule has 0 bridgehead atoms. The molecule has 126 valence electrons. The summed E-state index contributed by atoms with van der Waals surface area (Å²) in [7, 11) is 4.01. The van der Waals surface area contributed by atoms with Crippen molar-refractivity contribution in [2.75, 3.05) is 13.2 Å². The first-order chi connectivity index (χ1) is 11.7. The first kappa shape index (κ1) is 15.4. The predicted octanol–water partition coefficient (Wildman–Crippen LogP) is 2.17. The number of imidazole rings is 1. The van der Waals surface area contributed by atoms with E-state index in [-0.39, 0.29) is 6.10 Å². The summed E-state index contributed by atoms with van der Waals surface area (Å²) in [6, 6.07) is 8.24. The standard InChI is InChI=1S/C18H23N5O/c1-22-12-14(10-20-22)18-13(7-8-24-18)9-19-11-17-21-15-5-3-4-6-16(15)23(17)2/h3-6,10,12-13,18-19H,7-9,11H2,1-2H3/t13-,18-/m0/s1. The van der Waals surface area contributed by atoms with E-state index in [1.807, 2.05) is 24.0 Å². The molecule has 6 nitrogen and oxygen atoms in total. The van der Waals surface area contributed by atoms with Gasteiger partial charge in [-0.25, -0.2) is 4.98 Å². The molecule has 2 atom stereocenters. The number of ether oxygens (including phenoxy) is 1. The van der Waals surface area contributed by atoms with E-state index < -0.39 is 0 Å². The van der Waals surface area contributed by atoms with Gasteiger partial charge in [0.1, 0.15) is 5.82 Å². The topological polar surface area (TPSA) is 56.9 Å². The van der Waals surface area contributed by atoms with Crippen molar-refractivity contribution in [3.63, 3.8) is 0 Å². The van der Waals surface area contributed by atoms with Crippen LogP contribution in [-0.4, -0.2) is 32.5 Å². The Balaban J connectivity index is 1.40. The lowest BCUT2D eigenvalue weighted by Gasteiger charge is -2.17. The van der Waals surface area contributed by atoms with E-state index in [4.69, 9.17) is 9.72 Å². The van der Waals surface area contributed by atoms with Gasteiger partial charge in [-0.2, -0.15) is 5.10 Å². The highest BCUT2D eigenvalue weighted by molar-refractivity contribution is 5.75. The third-order valence-corrected chi connectivity index (χ3v) is 4.84.